The summed E-state index contributed by atoms with van der Waals surface area (Å²) in [6.07, 6.45) is -14.1. The molecule has 1 aromatic heterocycles. The van der Waals surface area contributed by atoms with Gasteiger partial charge in [-0.3, -0.25) is 0 Å². The minimum atomic E-state index is -5.97. The van der Waals surface area contributed by atoms with Gasteiger partial charge in [-0.2, -0.15) is 45.6 Å². The molecular weight excluding hydrogens is 354 g/mol. The summed E-state index contributed by atoms with van der Waals surface area (Å²) < 4.78 is 103. The summed E-state index contributed by atoms with van der Waals surface area (Å²) in [4.78, 5) is 0. The molecule has 0 aliphatic heterocycles. The smallest absolute Gasteiger partial charge is 0.354 e. The Labute approximate surface area is 129 Å². The molecule has 0 spiro atoms. The number of nitriles is 2. The van der Waals surface area contributed by atoms with Crippen molar-refractivity contribution in [2.75, 3.05) is 0 Å². The van der Waals surface area contributed by atoms with E-state index in [2.05, 4.69) is 9.68 Å². The molecule has 0 N–H and O–H groups in total. The van der Waals surface area contributed by atoms with E-state index in [1.54, 1.807) is 0 Å². The maximum Gasteiger partial charge on any atom is 0.461 e. The Balaban J connectivity index is 3.03. The topological polar surface area (TPSA) is 73.6 Å². The largest absolute Gasteiger partial charge is 0.461 e. The predicted octanol–water partition coefficient (Wildman–Crippen LogP) is 4.25. The number of alkyl halides is 8. The summed E-state index contributed by atoms with van der Waals surface area (Å²) in [5.74, 6) is -7.25. The van der Waals surface area contributed by atoms with E-state index in [0.717, 1.165) is 0 Å². The van der Waals surface area contributed by atoms with E-state index in [9.17, 15) is 35.1 Å². The van der Waals surface area contributed by atoms with E-state index in [-0.39, 0.29) is 6.07 Å². The van der Waals surface area contributed by atoms with Crippen LogP contribution in [0.2, 0.25) is 0 Å². The fourth-order valence-electron chi connectivity index (χ4n) is 1.65. The number of rotatable bonds is 5. The summed E-state index contributed by atoms with van der Waals surface area (Å²) in [7, 11) is 0. The maximum absolute atomic E-state index is 13.0. The molecule has 0 aliphatic rings. The van der Waals surface area contributed by atoms with Crippen molar-refractivity contribution in [3.63, 3.8) is 0 Å². The molecule has 1 aromatic rings. The van der Waals surface area contributed by atoms with Crippen molar-refractivity contribution < 1.29 is 39.6 Å². The lowest BCUT2D eigenvalue weighted by molar-refractivity contribution is -0.296. The Kier molecular flexibility index (Phi) is 5.13. The standard InChI is InChI=1S/C12H7F8N3O/c13-10(14,15)2-1-9(5-21,6-22)4-7-3-8(24-23-7)11(16,17)12(18,19)20/h3H,1-2,4H2. The lowest BCUT2D eigenvalue weighted by atomic mass is 9.81. The molecule has 0 atom stereocenters. The van der Waals surface area contributed by atoms with E-state index in [1.807, 2.05) is 0 Å². The van der Waals surface area contributed by atoms with Crippen LogP contribution in [-0.4, -0.2) is 17.5 Å². The number of hydrogen-bond acceptors (Lipinski definition) is 4. The average molecular weight is 361 g/mol. The van der Waals surface area contributed by atoms with Gasteiger partial charge in [0.15, 0.2) is 0 Å². The Morgan fingerprint density at radius 3 is 1.92 bits per heavy atom. The van der Waals surface area contributed by atoms with Gasteiger partial charge >= 0.3 is 18.3 Å². The third-order valence-corrected chi connectivity index (χ3v) is 2.97. The van der Waals surface area contributed by atoms with Crippen LogP contribution >= 0.6 is 0 Å². The monoisotopic (exact) mass is 361 g/mol. The highest BCUT2D eigenvalue weighted by Crippen LogP contribution is 2.44. The van der Waals surface area contributed by atoms with E-state index in [4.69, 9.17) is 10.5 Å². The van der Waals surface area contributed by atoms with Crippen LogP contribution in [0, 0.1) is 28.1 Å². The summed E-state index contributed by atoms with van der Waals surface area (Å²) in [5.41, 5.74) is -2.96. The first-order valence-corrected chi connectivity index (χ1v) is 6.06. The molecule has 1 heterocycles. The van der Waals surface area contributed by atoms with Crippen molar-refractivity contribution in [3.05, 3.63) is 17.5 Å². The van der Waals surface area contributed by atoms with Crippen LogP contribution in [0.15, 0.2) is 10.6 Å². The van der Waals surface area contributed by atoms with Gasteiger partial charge in [0.1, 0.15) is 5.41 Å². The van der Waals surface area contributed by atoms with Gasteiger partial charge in [0.2, 0.25) is 5.76 Å². The van der Waals surface area contributed by atoms with Crippen molar-refractivity contribution >= 4 is 0 Å². The molecule has 132 valence electrons. The Morgan fingerprint density at radius 2 is 1.50 bits per heavy atom. The molecule has 0 saturated carbocycles. The van der Waals surface area contributed by atoms with Crippen LogP contribution in [0.25, 0.3) is 0 Å². The maximum atomic E-state index is 13.0. The highest BCUT2D eigenvalue weighted by atomic mass is 19.4. The number of halogens is 8. The minimum absolute atomic E-state index is 0.157. The minimum Gasteiger partial charge on any atom is -0.354 e. The van der Waals surface area contributed by atoms with Crippen molar-refractivity contribution in [2.45, 2.75) is 37.5 Å². The zero-order valence-electron chi connectivity index (χ0n) is 11.5. The molecule has 0 bridgehead atoms. The zero-order valence-corrected chi connectivity index (χ0v) is 11.5. The Hall–Kier alpha value is -2.37. The van der Waals surface area contributed by atoms with Gasteiger partial charge in [0.05, 0.1) is 17.8 Å². The quantitative estimate of drug-likeness (QED) is 0.735. The summed E-state index contributed by atoms with van der Waals surface area (Å²) in [6.45, 7) is 0. The van der Waals surface area contributed by atoms with Gasteiger partial charge in [0, 0.05) is 18.9 Å². The molecule has 0 amide bonds. The number of aromatic nitrogens is 1. The summed E-state index contributed by atoms with van der Waals surface area (Å²) in [6, 6.07) is 2.78. The van der Waals surface area contributed by atoms with Crippen LogP contribution in [-0.2, 0) is 12.3 Å². The van der Waals surface area contributed by atoms with Crippen molar-refractivity contribution in [3.8, 4) is 12.1 Å². The highest BCUT2D eigenvalue weighted by molar-refractivity contribution is 5.22. The molecule has 0 saturated heterocycles. The second-order valence-corrected chi connectivity index (χ2v) is 4.85. The van der Waals surface area contributed by atoms with Crippen LogP contribution < -0.4 is 0 Å². The van der Waals surface area contributed by atoms with Gasteiger partial charge in [-0.1, -0.05) is 5.16 Å². The van der Waals surface area contributed by atoms with Crippen LogP contribution in [0.1, 0.15) is 24.3 Å². The molecule has 12 heteroatoms. The van der Waals surface area contributed by atoms with E-state index >= 15 is 0 Å². The molecular formula is C12H7F8N3O. The number of hydrogen-bond donors (Lipinski definition) is 0. The van der Waals surface area contributed by atoms with Gasteiger partial charge in [-0.25, -0.2) is 0 Å². The van der Waals surface area contributed by atoms with Crippen LogP contribution in [0.5, 0.6) is 0 Å². The molecule has 24 heavy (non-hydrogen) atoms. The lowest BCUT2D eigenvalue weighted by Crippen LogP contribution is -2.33. The summed E-state index contributed by atoms with van der Waals surface area (Å²) >= 11 is 0. The third kappa shape index (κ3) is 4.34. The van der Waals surface area contributed by atoms with Crippen molar-refractivity contribution in [2.24, 2.45) is 5.41 Å². The van der Waals surface area contributed by atoms with Crippen LogP contribution in [0.3, 0.4) is 0 Å². The molecule has 0 fully saturated rings. The van der Waals surface area contributed by atoms with E-state index in [0.29, 0.717) is 0 Å². The van der Waals surface area contributed by atoms with Gasteiger partial charge in [0.25, 0.3) is 0 Å². The first-order chi connectivity index (χ1) is 10.8. The van der Waals surface area contributed by atoms with Gasteiger partial charge in [-0.15, -0.1) is 0 Å². The first-order valence-electron chi connectivity index (χ1n) is 6.06. The average Bonchev–Trinajstić information content (AvgIpc) is 2.90. The normalized spacial score (nSPS) is 13.4. The van der Waals surface area contributed by atoms with Gasteiger partial charge in [-0.05, 0) is 6.42 Å². The summed E-state index contributed by atoms with van der Waals surface area (Å²) in [5, 5.41) is 20.7. The SMILES string of the molecule is N#CC(C#N)(CCC(F)(F)F)Cc1cc(C(F)(F)C(F)(F)F)on1. The molecule has 0 aromatic carbocycles. The van der Waals surface area contributed by atoms with Crippen LogP contribution in [0.4, 0.5) is 35.1 Å². The zero-order chi connectivity index (χ0) is 18.8. The number of nitrogens with zero attached hydrogens (tertiary/aromatic N) is 3. The third-order valence-electron chi connectivity index (χ3n) is 2.97. The fourth-order valence-corrected chi connectivity index (χ4v) is 1.65. The Bertz CT molecular complexity index is 648. The van der Waals surface area contributed by atoms with E-state index < -0.39 is 54.4 Å². The predicted molar refractivity (Wildman–Crippen MR) is 59.1 cm³/mol. The van der Waals surface area contributed by atoms with Crippen molar-refractivity contribution in [1.82, 2.24) is 5.16 Å². The second-order valence-electron chi connectivity index (χ2n) is 4.85. The fraction of sp³-hybridized carbons (Fsp3) is 0.583. The molecule has 0 aliphatic carbocycles. The molecule has 4 nitrogen and oxygen atoms in total. The molecule has 0 radical (unpaired) electrons. The lowest BCUT2D eigenvalue weighted by Gasteiger charge is -2.18. The second kappa shape index (κ2) is 6.26. The highest BCUT2D eigenvalue weighted by Gasteiger charge is 2.61. The molecule has 0 unspecified atom stereocenters. The first kappa shape index (κ1) is 19.7. The Morgan fingerprint density at radius 1 is 0.958 bits per heavy atom. The van der Waals surface area contributed by atoms with Gasteiger partial charge < -0.3 is 4.52 Å². The van der Waals surface area contributed by atoms with Crippen molar-refractivity contribution in [1.29, 1.82) is 10.5 Å². The molecule has 1 rings (SSSR count). The van der Waals surface area contributed by atoms with E-state index in [1.165, 1.54) is 12.1 Å².